The lowest BCUT2D eigenvalue weighted by atomic mass is 9.54. The summed E-state index contributed by atoms with van der Waals surface area (Å²) in [6.07, 6.45) is 9.36. The number of amides is 1. The first-order valence-electron chi connectivity index (χ1n) is 14.5. The lowest BCUT2D eigenvalue weighted by Crippen LogP contribution is -2.72. The largest absolute Gasteiger partial charge is 0.508 e. The van der Waals surface area contributed by atoms with Crippen molar-refractivity contribution in [1.82, 2.24) is 5.32 Å². The van der Waals surface area contributed by atoms with E-state index in [1.807, 2.05) is 30.3 Å². The molecule has 4 atom stereocenters. The Morgan fingerprint density at radius 2 is 1.92 bits per heavy atom. The van der Waals surface area contributed by atoms with Gasteiger partial charge in [-0.3, -0.25) is 9.59 Å². The minimum Gasteiger partial charge on any atom is -0.508 e. The molecule has 1 aliphatic heterocycles. The summed E-state index contributed by atoms with van der Waals surface area (Å²) in [5, 5.41) is 13.7. The molecule has 1 heterocycles. The summed E-state index contributed by atoms with van der Waals surface area (Å²) in [6, 6.07) is 17.9. The van der Waals surface area contributed by atoms with Crippen LogP contribution in [0.1, 0.15) is 69.4 Å². The smallest absolute Gasteiger partial charge is 0.303 e. The monoisotopic (exact) mass is 533 g/mol. The maximum Gasteiger partial charge on any atom is 0.303 e. The molecule has 0 spiro atoms. The molecule has 6 nitrogen and oxygen atoms in total. The van der Waals surface area contributed by atoms with E-state index in [1.54, 1.807) is 6.07 Å². The number of unbranched alkanes of at least 4 members (excludes halogenated alkanes) is 2. The number of esters is 1. The number of nitrogens with zero attached hydrogens (tertiary/aromatic N) is 1. The van der Waals surface area contributed by atoms with Gasteiger partial charge in [0.2, 0.25) is 5.91 Å². The van der Waals surface area contributed by atoms with Gasteiger partial charge in [-0.1, -0.05) is 55.5 Å². The van der Waals surface area contributed by atoms with Gasteiger partial charge in [-0.05, 0) is 67.9 Å². The number of benzene rings is 2. The van der Waals surface area contributed by atoms with Crippen LogP contribution < -0.4 is 5.32 Å². The lowest BCUT2D eigenvalue weighted by Gasteiger charge is -2.60. The van der Waals surface area contributed by atoms with Crippen LogP contribution in [-0.2, 0) is 26.2 Å². The third-order valence-corrected chi connectivity index (χ3v) is 8.96. The molecule has 2 fully saturated rings. The van der Waals surface area contributed by atoms with E-state index in [0.29, 0.717) is 25.8 Å². The summed E-state index contributed by atoms with van der Waals surface area (Å²) in [7, 11) is 2.20. The standard InChI is InChI=1S/C33H44N2O4/c1-4-21-35(3)22-20-32(28-15-11-16-30(37)23-28)24-29(18-19-33(32,25-35)39-26(2)36)34-31(38)17-10-6-9-14-27-12-7-5-8-13-27/h4-5,7-8,11-13,15-16,23,29H,1,6,9-10,14,17-22,24-25H2,2-3H3,(H-,34,37,38)/p+1/t29-,32+,33?,35+/m1/s1. The highest BCUT2D eigenvalue weighted by Gasteiger charge is 2.64. The molecule has 1 aliphatic carbocycles. The number of aromatic hydroxyl groups is 1. The summed E-state index contributed by atoms with van der Waals surface area (Å²) in [5.41, 5.74) is 1.10. The maximum atomic E-state index is 13.0. The molecule has 1 unspecified atom stereocenters. The molecule has 1 saturated heterocycles. The topological polar surface area (TPSA) is 75.6 Å². The van der Waals surface area contributed by atoms with Crippen molar-refractivity contribution in [2.75, 3.05) is 26.7 Å². The Morgan fingerprint density at radius 1 is 1.13 bits per heavy atom. The number of phenolic OH excluding ortho intramolecular Hbond substituents is 1. The number of carbonyl (C=O) groups is 2. The number of rotatable bonds is 11. The predicted octanol–water partition coefficient (Wildman–Crippen LogP) is 5.44. The first kappa shape index (κ1) is 28.9. The summed E-state index contributed by atoms with van der Waals surface area (Å²) >= 11 is 0. The number of phenols is 1. The van der Waals surface area contributed by atoms with Gasteiger partial charge in [0, 0.05) is 31.2 Å². The first-order valence-corrected chi connectivity index (χ1v) is 14.5. The number of ether oxygens (including phenoxy) is 1. The molecule has 1 amide bonds. The number of likely N-dealkylation sites (tertiary alicyclic amines) is 1. The second-order valence-electron chi connectivity index (χ2n) is 12.0. The van der Waals surface area contributed by atoms with Gasteiger partial charge in [-0.25, -0.2) is 0 Å². The van der Waals surface area contributed by atoms with E-state index in [0.717, 1.165) is 61.7 Å². The SMILES string of the molecule is C=CC[N@@+]1(C)CC[C@@]2(c3cccc(O)c3)C[C@H](NC(=O)CCCCCc3ccccc3)CCC2(OC(C)=O)C1. The Kier molecular flexibility index (Phi) is 9.16. The predicted molar refractivity (Wildman–Crippen MR) is 154 cm³/mol. The Labute approximate surface area is 233 Å². The van der Waals surface area contributed by atoms with Crippen molar-refractivity contribution in [3.8, 4) is 5.75 Å². The number of quaternary nitrogens is 1. The van der Waals surface area contributed by atoms with E-state index in [2.05, 4.69) is 43.2 Å². The van der Waals surface area contributed by atoms with Gasteiger partial charge in [0.25, 0.3) is 0 Å². The zero-order valence-corrected chi connectivity index (χ0v) is 23.7. The van der Waals surface area contributed by atoms with Crippen LogP contribution in [0, 0.1) is 0 Å². The molecule has 39 heavy (non-hydrogen) atoms. The van der Waals surface area contributed by atoms with Crippen LogP contribution in [0.25, 0.3) is 0 Å². The van der Waals surface area contributed by atoms with Gasteiger partial charge in [-0.15, -0.1) is 0 Å². The molecular formula is C33H45N2O4+. The molecule has 2 N–H and O–H groups in total. The van der Waals surface area contributed by atoms with Gasteiger partial charge in [0.1, 0.15) is 12.3 Å². The van der Waals surface area contributed by atoms with E-state index in [4.69, 9.17) is 4.74 Å². The van der Waals surface area contributed by atoms with Crippen molar-refractivity contribution in [1.29, 1.82) is 0 Å². The highest BCUT2D eigenvalue weighted by Crippen LogP contribution is 2.55. The number of fused-ring (bicyclic) bond motifs is 1. The van der Waals surface area contributed by atoms with E-state index >= 15 is 0 Å². The minimum absolute atomic E-state index is 0.0101. The van der Waals surface area contributed by atoms with Crippen molar-refractivity contribution in [3.05, 3.63) is 78.4 Å². The molecule has 2 aromatic rings. The fourth-order valence-corrected chi connectivity index (χ4v) is 7.18. The number of carbonyl (C=O) groups excluding carboxylic acids is 2. The van der Waals surface area contributed by atoms with E-state index in [-0.39, 0.29) is 23.7 Å². The fourth-order valence-electron chi connectivity index (χ4n) is 7.18. The van der Waals surface area contributed by atoms with Crippen LogP contribution in [0.5, 0.6) is 5.75 Å². The number of hydrogen-bond acceptors (Lipinski definition) is 4. The average Bonchev–Trinajstić information content (AvgIpc) is 2.89. The van der Waals surface area contributed by atoms with Crippen LogP contribution in [-0.4, -0.2) is 59.8 Å². The third kappa shape index (κ3) is 6.73. The molecule has 0 aromatic heterocycles. The van der Waals surface area contributed by atoms with Gasteiger partial charge >= 0.3 is 5.97 Å². The number of nitrogens with one attached hydrogen (secondary N) is 1. The molecule has 0 bridgehead atoms. The molecule has 0 radical (unpaired) electrons. The van der Waals surface area contributed by atoms with Crippen molar-refractivity contribution < 1.29 is 23.9 Å². The molecule has 2 aliphatic rings. The molecular weight excluding hydrogens is 488 g/mol. The highest BCUT2D eigenvalue weighted by molar-refractivity contribution is 5.76. The van der Waals surface area contributed by atoms with Gasteiger partial charge in [-0.2, -0.15) is 0 Å². The van der Waals surface area contributed by atoms with Crippen LogP contribution in [0.3, 0.4) is 0 Å². The first-order chi connectivity index (χ1) is 18.7. The Hall–Kier alpha value is -3.12. The van der Waals surface area contributed by atoms with Crippen molar-refractivity contribution >= 4 is 11.9 Å². The Bertz CT molecular complexity index is 1150. The quantitative estimate of drug-likeness (QED) is 0.175. The fraction of sp³-hybridized carbons (Fsp3) is 0.515. The summed E-state index contributed by atoms with van der Waals surface area (Å²) in [6.45, 7) is 7.82. The second kappa shape index (κ2) is 12.4. The minimum atomic E-state index is -0.721. The average molecular weight is 534 g/mol. The molecule has 2 aromatic carbocycles. The zero-order chi connectivity index (χ0) is 27.9. The van der Waals surface area contributed by atoms with E-state index < -0.39 is 11.0 Å². The van der Waals surface area contributed by atoms with Gasteiger partial charge < -0.3 is 19.6 Å². The second-order valence-corrected chi connectivity index (χ2v) is 12.0. The number of piperidine rings is 1. The zero-order valence-electron chi connectivity index (χ0n) is 23.7. The van der Waals surface area contributed by atoms with Crippen LogP contribution >= 0.6 is 0 Å². The van der Waals surface area contributed by atoms with E-state index in [9.17, 15) is 14.7 Å². The maximum absolute atomic E-state index is 13.0. The van der Waals surface area contributed by atoms with Crippen LogP contribution in [0.2, 0.25) is 0 Å². The van der Waals surface area contributed by atoms with E-state index in [1.165, 1.54) is 12.5 Å². The highest BCUT2D eigenvalue weighted by atomic mass is 16.6. The van der Waals surface area contributed by atoms with Crippen molar-refractivity contribution in [3.63, 3.8) is 0 Å². The molecule has 210 valence electrons. The summed E-state index contributed by atoms with van der Waals surface area (Å²) < 4.78 is 7.07. The molecule has 6 heteroatoms. The van der Waals surface area contributed by atoms with Crippen LogP contribution in [0.15, 0.2) is 67.3 Å². The summed E-state index contributed by atoms with van der Waals surface area (Å²) in [5.74, 6) is 0.00703. The van der Waals surface area contributed by atoms with Crippen LogP contribution in [0.4, 0.5) is 0 Å². The molecule has 4 rings (SSSR count). The van der Waals surface area contributed by atoms with Gasteiger partial charge in [0.15, 0.2) is 5.60 Å². The van der Waals surface area contributed by atoms with Crippen molar-refractivity contribution in [2.24, 2.45) is 0 Å². The lowest BCUT2D eigenvalue weighted by molar-refractivity contribution is -0.917. The number of hydrogen-bond donors (Lipinski definition) is 2. The van der Waals surface area contributed by atoms with Crippen molar-refractivity contribution in [2.45, 2.75) is 81.8 Å². The third-order valence-electron chi connectivity index (χ3n) is 8.96. The molecule has 1 saturated carbocycles. The number of likely N-dealkylation sites (N-methyl/N-ethyl adjacent to an activating group) is 1. The Morgan fingerprint density at radius 3 is 2.64 bits per heavy atom. The normalized spacial score (nSPS) is 28.2. The summed E-state index contributed by atoms with van der Waals surface area (Å²) in [4.78, 5) is 25.5. The Balaban J connectivity index is 1.47. The number of aryl methyl sites for hydroxylation is 1. The van der Waals surface area contributed by atoms with Gasteiger partial charge in [0.05, 0.1) is 20.1 Å².